The van der Waals surface area contributed by atoms with Gasteiger partial charge in [0.05, 0.1) is 34.6 Å². The Morgan fingerprint density at radius 1 is 1.09 bits per heavy atom. The smallest absolute Gasteiger partial charge is 0.338 e. The van der Waals surface area contributed by atoms with Gasteiger partial charge in [-0.15, -0.1) is 0 Å². The van der Waals surface area contributed by atoms with Crippen LogP contribution < -0.4 is 19.6 Å². The van der Waals surface area contributed by atoms with Crippen LogP contribution in [0.5, 0.6) is 5.75 Å². The van der Waals surface area contributed by atoms with Gasteiger partial charge in [-0.1, -0.05) is 65.4 Å². The molecule has 5 aromatic rings. The van der Waals surface area contributed by atoms with Crippen molar-refractivity contribution >= 4 is 45.9 Å². The molecule has 1 aliphatic rings. The third kappa shape index (κ3) is 5.75. The lowest BCUT2D eigenvalue weighted by Gasteiger charge is -2.25. The average molecular weight is 626 g/mol. The van der Waals surface area contributed by atoms with E-state index in [0.717, 1.165) is 27.6 Å². The molecule has 1 atom stereocenters. The van der Waals surface area contributed by atoms with Gasteiger partial charge in [0.25, 0.3) is 5.56 Å². The second-order valence-electron chi connectivity index (χ2n) is 10.9. The summed E-state index contributed by atoms with van der Waals surface area (Å²) in [6, 6.07) is 22.7. The number of hydrogen-bond acceptors (Lipinski definition) is 6. The zero-order valence-corrected chi connectivity index (χ0v) is 26.5. The highest BCUT2D eigenvalue weighted by molar-refractivity contribution is 7.07. The minimum absolute atomic E-state index is 0.221. The van der Waals surface area contributed by atoms with Gasteiger partial charge in [0.2, 0.25) is 0 Å². The highest BCUT2D eigenvalue weighted by atomic mass is 35.5. The van der Waals surface area contributed by atoms with Gasteiger partial charge in [-0.2, -0.15) is 0 Å². The van der Waals surface area contributed by atoms with Crippen LogP contribution in [-0.2, 0) is 16.1 Å². The molecule has 0 aliphatic carbocycles. The summed E-state index contributed by atoms with van der Waals surface area (Å²) < 4.78 is 15.6. The van der Waals surface area contributed by atoms with E-state index in [1.807, 2.05) is 73.7 Å². The van der Waals surface area contributed by atoms with Crippen LogP contribution >= 0.6 is 22.9 Å². The molecule has 1 aliphatic heterocycles. The number of rotatable bonds is 8. The van der Waals surface area contributed by atoms with E-state index in [0.29, 0.717) is 44.5 Å². The number of carbonyl (C=O) groups excluding carboxylic acids is 1. The Labute approximate surface area is 264 Å². The van der Waals surface area contributed by atoms with Crippen molar-refractivity contribution < 1.29 is 14.3 Å². The number of fused-ring (bicyclic) bond motifs is 2. The van der Waals surface area contributed by atoms with Crippen LogP contribution in [0.4, 0.5) is 0 Å². The molecule has 6 rings (SSSR count). The number of aromatic nitrogens is 2. The molecule has 0 radical (unpaired) electrons. The van der Waals surface area contributed by atoms with Crippen LogP contribution in [0.25, 0.3) is 17.0 Å². The lowest BCUT2D eigenvalue weighted by atomic mass is 9.96. The molecule has 0 saturated carbocycles. The van der Waals surface area contributed by atoms with Gasteiger partial charge in [0.1, 0.15) is 5.75 Å². The maximum absolute atomic E-state index is 14.2. The van der Waals surface area contributed by atoms with Crippen LogP contribution in [0.15, 0.2) is 100 Å². The van der Waals surface area contributed by atoms with Crippen molar-refractivity contribution in [1.29, 1.82) is 0 Å². The van der Waals surface area contributed by atoms with Crippen molar-refractivity contribution in [2.24, 2.45) is 4.99 Å². The molecule has 0 saturated heterocycles. The van der Waals surface area contributed by atoms with Gasteiger partial charge < -0.3 is 14.0 Å². The first-order valence-corrected chi connectivity index (χ1v) is 15.7. The van der Waals surface area contributed by atoms with Crippen molar-refractivity contribution in [1.82, 2.24) is 9.13 Å². The molecule has 0 bridgehead atoms. The molecule has 0 unspecified atom stereocenters. The number of carbonyl (C=O) groups is 1. The van der Waals surface area contributed by atoms with Gasteiger partial charge in [-0.3, -0.25) is 9.36 Å². The number of ether oxygens (including phenoxy) is 2. The van der Waals surface area contributed by atoms with Crippen molar-refractivity contribution in [2.75, 3.05) is 6.61 Å². The molecule has 9 heteroatoms. The maximum Gasteiger partial charge on any atom is 0.338 e. The monoisotopic (exact) mass is 625 g/mol. The molecule has 7 nitrogen and oxygen atoms in total. The number of para-hydroxylation sites is 1. The number of thiazole rings is 1. The number of allylic oxidation sites excluding steroid dienone is 1. The first-order chi connectivity index (χ1) is 21.2. The van der Waals surface area contributed by atoms with Crippen LogP contribution in [0.1, 0.15) is 50.4 Å². The highest BCUT2D eigenvalue weighted by Crippen LogP contribution is 2.32. The summed E-state index contributed by atoms with van der Waals surface area (Å²) in [4.78, 5) is 32.9. The standard InChI is InChI=1S/C35H32ClN3O4S/c1-5-42-27-15-13-24(14-16-27)32-31(34(41)43-21(2)3)22(4)37-35-39(32)33(40)30(44-35)18-25-20-38(29-12-7-6-11-28(25)29)19-23-9-8-10-26(36)17-23/h6-18,20-21,32H,5,19H2,1-4H3/b30-18+/t32-/m0/s1. The van der Waals surface area contributed by atoms with E-state index in [9.17, 15) is 9.59 Å². The van der Waals surface area contributed by atoms with E-state index in [4.69, 9.17) is 26.1 Å². The Hall–Kier alpha value is -4.40. The van der Waals surface area contributed by atoms with E-state index in [1.165, 1.54) is 11.3 Å². The minimum Gasteiger partial charge on any atom is -0.494 e. The van der Waals surface area contributed by atoms with E-state index in [1.54, 1.807) is 25.3 Å². The largest absolute Gasteiger partial charge is 0.494 e. The van der Waals surface area contributed by atoms with Crippen molar-refractivity contribution in [3.05, 3.63) is 132 Å². The van der Waals surface area contributed by atoms with Crippen molar-refractivity contribution in [3.8, 4) is 5.75 Å². The molecule has 2 aromatic heterocycles. The average Bonchev–Trinajstić information content (AvgIpc) is 3.49. The molecule has 0 N–H and O–H groups in total. The Bertz CT molecular complexity index is 2090. The zero-order chi connectivity index (χ0) is 31.0. The lowest BCUT2D eigenvalue weighted by molar-refractivity contribution is -0.143. The zero-order valence-electron chi connectivity index (χ0n) is 24.9. The normalized spacial score (nSPS) is 15.0. The number of benzene rings is 3. The minimum atomic E-state index is -0.695. The van der Waals surface area contributed by atoms with Crippen LogP contribution in [0.2, 0.25) is 5.02 Å². The quantitative estimate of drug-likeness (QED) is 0.191. The Balaban J connectivity index is 1.49. The van der Waals surface area contributed by atoms with Crippen molar-refractivity contribution in [2.45, 2.75) is 46.4 Å². The predicted molar refractivity (Wildman–Crippen MR) is 175 cm³/mol. The van der Waals surface area contributed by atoms with Crippen LogP contribution in [-0.4, -0.2) is 27.8 Å². The number of esters is 1. The van der Waals surface area contributed by atoms with Gasteiger partial charge in [0, 0.05) is 34.2 Å². The fourth-order valence-electron chi connectivity index (χ4n) is 5.58. The summed E-state index contributed by atoms with van der Waals surface area (Å²) in [5.74, 6) is 0.225. The Kier molecular flexibility index (Phi) is 8.29. The van der Waals surface area contributed by atoms with Gasteiger partial charge in [-0.25, -0.2) is 9.79 Å². The topological polar surface area (TPSA) is 74.8 Å². The molecule has 0 spiro atoms. The third-order valence-corrected chi connectivity index (χ3v) is 8.66. The number of nitrogens with zero attached hydrogens (tertiary/aromatic N) is 3. The number of hydrogen-bond donors (Lipinski definition) is 0. The van der Waals surface area contributed by atoms with Gasteiger partial charge in [0.15, 0.2) is 4.80 Å². The molecule has 0 amide bonds. The highest BCUT2D eigenvalue weighted by Gasteiger charge is 2.33. The van der Waals surface area contributed by atoms with Crippen LogP contribution in [0.3, 0.4) is 0 Å². The van der Waals surface area contributed by atoms with E-state index in [-0.39, 0.29) is 11.7 Å². The fraction of sp³-hybridized carbons (Fsp3) is 0.229. The summed E-state index contributed by atoms with van der Waals surface area (Å²) in [6.07, 6.45) is 3.66. The second-order valence-corrected chi connectivity index (χ2v) is 12.3. The van der Waals surface area contributed by atoms with Crippen molar-refractivity contribution in [3.63, 3.8) is 0 Å². The summed E-state index contributed by atoms with van der Waals surface area (Å²) in [6.45, 7) is 8.49. The summed E-state index contributed by atoms with van der Waals surface area (Å²) in [5.41, 5.74) is 4.47. The second kappa shape index (κ2) is 12.3. The molecular weight excluding hydrogens is 594 g/mol. The summed E-state index contributed by atoms with van der Waals surface area (Å²) in [5, 5.41) is 1.72. The first kappa shape index (κ1) is 29.7. The van der Waals surface area contributed by atoms with Gasteiger partial charge >= 0.3 is 5.97 Å². The summed E-state index contributed by atoms with van der Waals surface area (Å²) >= 11 is 7.57. The van der Waals surface area contributed by atoms with E-state index < -0.39 is 12.0 Å². The number of halogens is 1. The van der Waals surface area contributed by atoms with Gasteiger partial charge in [-0.05, 0) is 75.2 Å². The fourth-order valence-corrected chi connectivity index (χ4v) is 6.83. The molecule has 44 heavy (non-hydrogen) atoms. The molecule has 224 valence electrons. The summed E-state index contributed by atoms with van der Waals surface area (Å²) in [7, 11) is 0. The molecule has 3 aromatic carbocycles. The van der Waals surface area contributed by atoms with Crippen LogP contribution in [0, 0.1) is 0 Å². The lowest BCUT2D eigenvalue weighted by Crippen LogP contribution is -2.40. The predicted octanol–water partition coefficient (Wildman–Crippen LogP) is 6.24. The Morgan fingerprint density at radius 3 is 2.59 bits per heavy atom. The molecular formula is C35H32ClN3O4S. The third-order valence-electron chi connectivity index (χ3n) is 7.44. The van der Waals surface area contributed by atoms with E-state index >= 15 is 0 Å². The molecule has 0 fully saturated rings. The Morgan fingerprint density at radius 2 is 1.86 bits per heavy atom. The maximum atomic E-state index is 14.2. The van der Waals surface area contributed by atoms with E-state index in [2.05, 4.69) is 22.9 Å². The first-order valence-electron chi connectivity index (χ1n) is 14.5. The SMILES string of the molecule is CCOc1ccc([C@H]2C(C(=O)OC(C)C)=C(C)N=c3s/c(=C/c4cn(Cc5cccc(Cl)c5)c5ccccc45)c(=O)n32)cc1. The molecule has 3 heterocycles.